The van der Waals surface area contributed by atoms with Crippen LogP contribution in [0.1, 0.15) is 84.0 Å². The molecule has 0 aromatic carbocycles. The van der Waals surface area contributed by atoms with Crippen molar-refractivity contribution in [3.63, 3.8) is 0 Å². The molecular formula is C18H32O2. The SMILES string of the molecule is CCCCC/C=C/C/C=C/CCCCCCCC(=O)O. The van der Waals surface area contributed by atoms with Crippen molar-refractivity contribution in [3.8, 4) is 0 Å². The summed E-state index contributed by atoms with van der Waals surface area (Å²) in [6, 6.07) is 0. The highest BCUT2D eigenvalue weighted by molar-refractivity contribution is 5.66. The summed E-state index contributed by atoms with van der Waals surface area (Å²) in [7, 11) is 0. The largest absolute Gasteiger partial charge is 0.481 e. The lowest BCUT2D eigenvalue weighted by molar-refractivity contribution is -0.137. The third kappa shape index (κ3) is 16.9. The predicted octanol–water partition coefficient (Wildman–Crippen LogP) is 5.88. The van der Waals surface area contributed by atoms with Crippen molar-refractivity contribution in [2.45, 2.75) is 84.0 Å². The van der Waals surface area contributed by atoms with E-state index in [1.807, 2.05) is 0 Å². The van der Waals surface area contributed by atoms with Crippen molar-refractivity contribution < 1.29 is 9.90 Å². The molecule has 0 aliphatic carbocycles. The fourth-order valence-electron chi connectivity index (χ4n) is 2.09. The number of carbonyl (C=O) groups is 1. The monoisotopic (exact) mass is 280 g/mol. The Morgan fingerprint density at radius 1 is 0.800 bits per heavy atom. The fourth-order valence-corrected chi connectivity index (χ4v) is 2.09. The number of allylic oxidation sites excluding steroid dienone is 4. The van der Waals surface area contributed by atoms with Crippen LogP contribution in [0.4, 0.5) is 0 Å². The minimum Gasteiger partial charge on any atom is -0.481 e. The summed E-state index contributed by atoms with van der Waals surface area (Å²) < 4.78 is 0. The quantitative estimate of drug-likeness (QED) is 0.318. The molecule has 2 heteroatoms. The van der Waals surface area contributed by atoms with E-state index in [4.69, 9.17) is 5.11 Å². The molecule has 0 aromatic heterocycles. The van der Waals surface area contributed by atoms with Gasteiger partial charge >= 0.3 is 5.97 Å². The van der Waals surface area contributed by atoms with Crippen LogP contribution in [0.25, 0.3) is 0 Å². The first-order chi connectivity index (χ1) is 9.77. The van der Waals surface area contributed by atoms with Crippen molar-refractivity contribution in [1.29, 1.82) is 0 Å². The standard InChI is InChI=1S/C18H32O2/c1-2-3-4-5-6-7-8-9-10-11-12-13-14-15-16-17-18(19)20/h6-7,9-10H,2-5,8,11-17H2,1H3,(H,19,20)/b7-6+,10-9+. The molecule has 0 amide bonds. The maximum atomic E-state index is 10.3. The van der Waals surface area contributed by atoms with Crippen LogP contribution >= 0.6 is 0 Å². The van der Waals surface area contributed by atoms with Crippen LogP contribution in [-0.4, -0.2) is 11.1 Å². The van der Waals surface area contributed by atoms with Gasteiger partial charge in [0.1, 0.15) is 0 Å². The van der Waals surface area contributed by atoms with Crippen LogP contribution in [0.5, 0.6) is 0 Å². The molecule has 0 fully saturated rings. The van der Waals surface area contributed by atoms with Gasteiger partial charge in [0.25, 0.3) is 0 Å². The summed E-state index contributed by atoms with van der Waals surface area (Å²) in [5.74, 6) is -0.671. The van der Waals surface area contributed by atoms with E-state index in [9.17, 15) is 4.79 Å². The number of hydrogen-bond acceptors (Lipinski definition) is 1. The molecule has 0 spiro atoms. The Morgan fingerprint density at radius 3 is 1.95 bits per heavy atom. The maximum absolute atomic E-state index is 10.3. The second kappa shape index (κ2) is 16.0. The van der Waals surface area contributed by atoms with E-state index >= 15 is 0 Å². The lowest BCUT2D eigenvalue weighted by atomic mass is 10.1. The average Bonchev–Trinajstić information content (AvgIpc) is 2.43. The molecule has 0 saturated carbocycles. The van der Waals surface area contributed by atoms with Crippen LogP contribution < -0.4 is 0 Å². The van der Waals surface area contributed by atoms with E-state index in [2.05, 4.69) is 31.2 Å². The Kier molecular flexibility index (Phi) is 15.2. The zero-order chi connectivity index (χ0) is 14.9. The van der Waals surface area contributed by atoms with E-state index in [1.165, 1.54) is 44.9 Å². The minimum absolute atomic E-state index is 0.324. The first kappa shape index (κ1) is 18.9. The van der Waals surface area contributed by atoms with Crippen molar-refractivity contribution in [2.75, 3.05) is 0 Å². The first-order valence-corrected chi connectivity index (χ1v) is 8.29. The van der Waals surface area contributed by atoms with Gasteiger partial charge in [0.15, 0.2) is 0 Å². The molecule has 0 aliphatic rings. The Morgan fingerprint density at radius 2 is 1.35 bits per heavy atom. The Bertz CT molecular complexity index is 267. The summed E-state index contributed by atoms with van der Waals surface area (Å²) in [5.41, 5.74) is 0. The topological polar surface area (TPSA) is 37.3 Å². The number of rotatable bonds is 14. The number of hydrogen-bond donors (Lipinski definition) is 1. The zero-order valence-electron chi connectivity index (χ0n) is 13.2. The molecule has 0 saturated heterocycles. The van der Waals surface area contributed by atoms with Gasteiger partial charge in [-0.05, 0) is 38.5 Å². The van der Waals surface area contributed by atoms with E-state index in [0.717, 1.165) is 25.7 Å². The van der Waals surface area contributed by atoms with Gasteiger partial charge in [-0.15, -0.1) is 0 Å². The summed E-state index contributed by atoms with van der Waals surface area (Å²) >= 11 is 0. The minimum atomic E-state index is -0.671. The smallest absolute Gasteiger partial charge is 0.303 e. The maximum Gasteiger partial charge on any atom is 0.303 e. The van der Waals surface area contributed by atoms with Gasteiger partial charge in [0.05, 0.1) is 0 Å². The van der Waals surface area contributed by atoms with Crippen LogP contribution in [0.3, 0.4) is 0 Å². The molecular weight excluding hydrogens is 248 g/mol. The summed E-state index contributed by atoms with van der Waals surface area (Å²) in [6.45, 7) is 2.23. The zero-order valence-corrected chi connectivity index (χ0v) is 13.2. The molecule has 0 heterocycles. The second-order valence-electron chi connectivity index (χ2n) is 5.37. The Balaban J connectivity index is 3.17. The summed E-state index contributed by atoms with van der Waals surface area (Å²) in [6.07, 6.45) is 22.3. The number of carboxylic acid groups (broad SMARTS) is 1. The molecule has 0 aromatic rings. The lowest BCUT2D eigenvalue weighted by Gasteiger charge is -1.98. The van der Waals surface area contributed by atoms with Crippen molar-refractivity contribution in [1.82, 2.24) is 0 Å². The van der Waals surface area contributed by atoms with Gasteiger partial charge in [-0.1, -0.05) is 63.3 Å². The highest BCUT2D eigenvalue weighted by Gasteiger charge is 1.95. The summed E-state index contributed by atoms with van der Waals surface area (Å²) in [4.78, 5) is 10.3. The molecule has 0 atom stereocenters. The molecule has 0 radical (unpaired) electrons. The van der Waals surface area contributed by atoms with Crippen LogP contribution in [0.15, 0.2) is 24.3 Å². The highest BCUT2D eigenvalue weighted by Crippen LogP contribution is 2.08. The average molecular weight is 280 g/mol. The number of aliphatic carboxylic acids is 1. The Hall–Kier alpha value is -1.05. The van der Waals surface area contributed by atoms with Gasteiger partial charge in [0.2, 0.25) is 0 Å². The number of unbranched alkanes of at least 4 members (excludes halogenated alkanes) is 8. The lowest BCUT2D eigenvalue weighted by Crippen LogP contribution is -1.93. The molecule has 0 aliphatic heterocycles. The molecule has 2 nitrogen and oxygen atoms in total. The Labute approximate surface area is 125 Å². The second-order valence-corrected chi connectivity index (χ2v) is 5.37. The van der Waals surface area contributed by atoms with Crippen LogP contribution in [0, 0.1) is 0 Å². The summed E-state index contributed by atoms with van der Waals surface area (Å²) in [5, 5.41) is 8.50. The molecule has 0 unspecified atom stereocenters. The normalized spacial score (nSPS) is 11.7. The molecule has 1 N–H and O–H groups in total. The highest BCUT2D eigenvalue weighted by atomic mass is 16.4. The fraction of sp³-hybridized carbons (Fsp3) is 0.722. The van der Waals surface area contributed by atoms with Gasteiger partial charge in [-0.25, -0.2) is 0 Å². The van der Waals surface area contributed by atoms with Crippen molar-refractivity contribution in [3.05, 3.63) is 24.3 Å². The van der Waals surface area contributed by atoms with Crippen molar-refractivity contribution >= 4 is 5.97 Å². The van der Waals surface area contributed by atoms with Gasteiger partial charge < -0.3 is 5.11 Å². The number of carboxylic acids is 1. The molecule has 0 bridgehead atoms. The molecule has 20 heavy (non-hydrogen) atoms. The van der Waals surface area contributed by atoms with Crippen LogP contribution in [0.2, 0.25) is 0 Å². The van der Waals surface area contributed by atoms with Gasteiger partial charge in [-0.2, -0.15) is 0 Å². The van der Waals surface area contributed by atoms with E-state index in [1.54, 1.807) is 0 Å². The molecule has 116 valence electrons. The van der Waals surface area contributed by atoms with Gasteiger partial charge in [-0.3, -0.25) is 4.79 Å². The first-order valence-electron chi connectivity index (χ1n) is 8.29. The van der Waals surface area contributed by atoms with E-state index in [-0.39, 0.29) is 0 Å². The van der Waals surface area contributed by atoms with Gasteiger partial charge in [0, 0.05) is 6.42 Å². The van der Waals surface area contributed by atoms with E-state index < -0.39 is 5.97 Å². The predicted molar refractivity (Wildman–Crippen MR) is 87.0 cm³/mol. The third-order valence-electron chi connectivity index (χ3n) is 3.34. The third-order valence-corrected chi connectivity index (χ3v) is 3.34. The van der Waals surface area contributed by atoms with Crippen LogP contribution in [-0.2, 0) is 4.79 Å². The van der Waals surface area contributed by atoms with Crippen molar-refractivity contribution in [2.24, 2.45) is 0 Å². The molecule has 0 rings (SSSR count). The van der Waals surface area contributed by atoms with E-state index in [0.29, 0.717) is 6.42 Å².